The zero-order chi connectivity index (χ0) is 19.3. The van der Waals surface area contributed by atoms with Gasteiger partial charge in [-0.15, -0.1) is 0 Å². The molecule has 2 aromatic heterocycles. The highest BCUT2D eigenvalue weighted by Gasteiger charge is 2.23. The minimum atomic E-state index is 0.0167. The molecule has 0 spiro atoms. The van der Waals surface area contributed by atoms with E-state index in [1.54, 1.807) is 6.20 Å². The number of aromatic nitrogens is 3. The van der Waals surface area contributed by atoms with Crippen LogP contribution in [-0.4, -0.2) is 32.5 Å². The van der Waals surface area contributed by atoms with Crippen LogP contribution in [0.1, 0.15) is 68.1 Å². The number of H-pyrrole nitrogens is 1. The van der Waals surface area contributed by atoms with Gasteiger partial charge in [-0.3, -0.25) is 9.69 Å². The number of pyridine rings is 1. The molecule has 1 saturated carbocycles. The minimum Gasteiger partial charge on any atom is -0.474 e. The summed E-state index contributed by atoms with van der Waals surface area (Å²) >= 11 is 0. The molecule has 0 aromatic carbocycles. The number of nitrogens with one attached hydrogen (secondary N) is 1. The lowest BCUT2D eigenvalue weighted by Gasteiger charge is -2.29. The van der Waals surface area contributed by atoms with Crippen molar-refractivity contribution in [2.45, 2.75) is 77.5 Å². The van der Waals surface area contributed by atoms with Gasteiger partial charge in [0.2, 0.25) is 5.88 Å². The van der Waals surface area contributed by atoms with Crippen LogP contribution >= 0.6 is 0 Å². The van der Waals surface area contributed by atoms with Crippen LogP contribution in [0.15, 0.2) is 23.1 Å². The molecule has 2 aromatic rings. The Balaban J connectivity index is 1.47. The quantitative estimate of drug-likeness (QED) is 0.829. The lowest BCUT2D eigenvalue weighted by Crippen LogP contribution is -2.36. The maximum atomic E-state index is 12.5. The van der Waals surface area contributed by atoms with Crippen LogP contribution in [0.5, 0.6) is 5.88 Å². The predicted molar refractivity (Wildman–Crippen MR) is 108 cm³/mol. The molecular weight excluding hydrogens is 352 g/mol. The van der Waals surface area contributed by atoms with E-state index in [1.807, 2.05) is 6.07 Å². The Hall–Kier alpha value is -2.21. The third-order valence-electron chi connectivity index (χ3n) is 5.76. The Kier molecular flexibility index (Phi) is 6.05. The van der Waals surface area contributed by atoms with Crippen molar-refractivity contribution in [3.63, 3.8) is 0 Å². The van der Waals surface area contributed by atoms with Gasteiger partial charge in [-0.2, -0.15) is 0 Å². The van der Waals surface area contributed by atoms with Gasteiger partial charge in [0.15, 0.2) is 0 Å². The van der Waals surface area contributed by atoms with Crippen molar-refractivity contribution >= 4 is 0 Å². The Morgan fingerprint density at radius 1 is 1.29 bits per heavy atom. The first kappa shape index (κ1) is 19.1. The largest absolute Gasteiger partial charge is 0.474 e. The molecule has 2 aliphatic rings. The number of rotatable bonds is 6. The van der Waals surface area contributed by atoms with Crippen LogP contribution in [-0.2, 0) is 25.9 Å². The van der Waals surface area contributed by atoms with Crippen molar-refractivity contribution in [3.05, 3.63) is 51.3 Å². The van der Waals surface area contributed by atoms with E-state index < -0.39 is 0 Å². The maximum absolute atomic E-state index is 12.5. The van der Waals surface area contributed by atoms with Crippen molar-refractivity contribution in [2.75, 3.05) is 6.54 Å². The average Bonchev–Trinajstić information content (AvgIpc) is 2.71. The topological polar surface area (TPSA) is 71.1 Å². The number of fused-ring (bicyclic) bond motifs is 1. The zero-order valence-electron chi connectivity index (χ0n) is 16.7. The van der Waals surface area contributed by atoms with Gasteiger partial charge in [0, 0.05) is 44.2 Å². The number of nitrogens with zero attached hydrogens (tertiary/aromatic N) is 3. The highest BCUT2D eigenvalue weighted by Crippen LogP contribution is 2.26. The van der Waals surface area contributed by atoms with E-state index >= 15 is 0 Å². The summed E-state index contributed by atoms with van der Waals surface area (Å²) in [5, 5.41) is 0. The number of hydrogen-bond acceptors (Lipinski definition) is 5. The van der Waals surface area contributed by atoms with Gasteiger partial charge in [0.25, 0.3) is 5.56 Å². The minimum absolute atomic E-state index is 0.0167. The van der Waals surface area contributed by atoms with Crippen molar-refractivity contribution in [3.8, 4) is 5.88 Å². The molecule has 3 heterocycles. The Morgan fingerprint density at radius 2 is 2.14 bits per heavy atom. The molecule has 0 saturated heterocycles. The number of ether oxygens (including phenoxy) is 1. The van der Waals surface area contributed by atoms with Gasteiger partial charge in [-0.25, -0.2) is 9.97 Å². The second-order valence-corrected chi connectivity index (χ2v) is 7.99. The van der Waals surface area contributed by atoms with Gasteiger partial charge in [-0.1, -0.05) is 19.4 Å². The van der Waals surface area contributed by atoms with Crippen molar-refractivity contribution in [1.29, 1.82) is 0 Å². The van der Waals surface area contributed by atoms with Crippen LogP contribution in [0.25, 0.3) is 0 Å². The third kappa shape index (κ3) is 4.43. The molecule has 0 radical (unpaired) electrons. The standard InChI is InChI=1S/C22H30N4O2/c1-2-7-20-24-19-11-13-26(15-18(19)21(27)25-20)14-16-8-6-12-23-22(16)28-17-9-4-3-5-10-17/h6,8,12,17H,2-5,7,9-11,13-15H2,1H3,(H,24,25,27). The first-order valence-corrected chi connectivity index (χ1v) is 10.7. The summed E-state index contributed by atoms with van der Waals surface area (Å²) < 4.78 is 6.25. The summed E-state index contributed by atoms with van der Waals surface area (Å²) in [5.74, 6) is 1.57. The van der Waals surface area contributed by atoms with Crippen molar-refractivity contribution in [1.82, 2.24) is 19.9 Å². The fraction of sp³-hybridized carbons (Fsp3) is 0.591. The molecule has 0 atom stereocenters. The SMILES string of the molecule is CCCc1nc2c(c(=O)[nH]1)CN(Cc1cccnc1OC1CCCCC1)CC2. The van der Waals surface area contributed by atoms with Crippen LogP contribution in [0.3, 0.4) is 0 Å². The molecule has 0 bridgehead atoms. The Bertz CT molecular complexity index is 858. The maximum Gasteiger partial charge on any atom is 0.255 e. The molecule has 4 rings (SSSR count). The molecule has 1 fully saturated rings. The molecule has 1 N–H and O–H groups in total. The molecule has 28 heavy (non-hydrogen) atoms. The van der Waals surface area contributed by atoms with Crippen LogP contribution < -0.4 is 10.3 Å². The summed E-state index contributed by atoms with van der Waals surface area (Å²) in [6, 6.07) is 4.06. The van der Waals surface area contributed by atoms with Gasteiger partial charge in [0.1, 0.15) is 11.9 Å². The molecule has 6 heteroatoms. The summed E-state index contributed by atoms with van der Waals surface area (Å²) in [6.07, 6.45) is 10.7. The number of aryl methyl sites for hydroxylation is 1. The van der Waals surface area contributed by atoms with Crippen LogP contribution in [0.2, 0.25) is 0 Å². The van der Waals surface area contributed by atoms with Gasteiger partial charge in [-0.05, 0) is 38.2 Å². The highest BCUT2D eigenvalue weighted by molar-refractivity contribution is 5.27. The molecular formula is C22H30N4O2. The predicted octanol–water partition coefficient (Wildman–Crippen LogP) is 3.39. The van der Waals surface area contributed by atoms with Gasteiger partial charge < -0.3 is 9.72 Å². The van der Waals surface area contributed by atoms with Gasteiger partial charge in [0.05, 0.1) is 11.3 Å². The summed E-state index contributed by atoms with van der Waals surface area (Å²) in [4.78, 5) is 27.0. The van der Waals surface area contributed by atoms with E-state index in [4.69, 9.17) is 4.74 Å². The van der Waals surface area contributed by atoms with E-state index in [0.29, 0.717) is 6.54 Å². The van der Waals surface area contributed by atoms with Crippen LogP contribution in [0.4, 0.5) is 0 Å². The molecule has 1 aliphatic heterocycles. The molecule has 6 nitrogen and oxygen atoms in total. The normalized spacial score (nSPS) is 18.0. The highest BCUT2D eigenvalue weighted by atomic mass is 16.5. The average molecular weight is 383 g/mol. The lowest BCUT2D eigenvalue weighted by atomic mass is 9.98. The fourth-order valence-electron chi connectivity index (χ4n) is 4.25. The third-order valence-corrected chi connectivity index (χ3v) is 5.76. The van der Waals surface area contributed by atoms with E-state index in [1.165, 1.54) is 19.3 Å². The molecule has 0 amide bonds. The lowest BCUT2D eigenvalue weighted by molar-refractivity contribution is 0.143. The first-order valence-electron chi connectivity index (χ1n) is 10.7. The summed E-state index contributed by atoms with van der Waals surface area (Å²) in [7, 11) is 0. The first-order chi connectivity index (χ1) is 13.7. The van der Waals surface area contributed by atoms with E-state index in [0.717, 1.165) is 73.7 Å². The van der Waals surface area contributed by atoms with E-state index in [-0.39, 0.29) is 11.7 Å². The summed E-state index contributed by atoms with van der Waals surface area (Å²) in [6.45, 7) is 4.36. The second-order valence-electron chi connectivity index (χ2n) is 7.99. The fourth-order valence-corrected chi connectivity index (χ4v) is 4.25. The Labute approximate surface area is 166 Å². The smallest absolute Gasteiger partial charge is 0.255 e. The molecule has 150 valence electrons. The number of aromatic amines is 1. The molecule has 1 aliphatic carbocycles. The van der Waals surface area contributed by atoms with Gasteiger partial charge >= 0.3 is 0 Å². The van der Waals surface area contributed by atoms with Crippen molar-refractivity contribution in [2.24, 2.45) is 0 Å². The zero-order valence-corrected chi connectivity index (χ0v) is 16.7. The number of hydrogen-bond donors (Lipinski definition) is 1. The Morgan fingerprint density at radius 3 is 2.96 bits per heavy atom. The second kappa shape index (κ2) is 8.86. The molecule has 0 unspecified atom stereocenters. The van der Waals surface area contributed by atoms with E-state index in [9.17, 15) is 4.79 Å². The van der Waals surface area contributed by atoms with E-state index in [2.05, 4.69) is 32.8 Å². The monoisotopic (exact) mass is 382 g/mol. The summed E-state index contributed by atoms with van der Waals surface area (Å²) in [5.41, 5.74) is 2.89. The van der Waals surface area contributed by atoms with Crippen molar-refractivity contribution < 1.29 is 4.74 Å². The van der Waals surface area contributed by atoms with Crippen LogP contribution in [0, 0.1) is 0 Å².